The summed E-state index contributed by atoms with van der Waals surface area (Å²) in [5.41, 5.74) is 9.92. The number of aliphatic hydroxyl groups is 1. The molecule has 4 bridgehead atoms. The Balaban J connectivity index is 1.69. The zero-order valence-corrected chi connectivity index (χ0v) is 25.7. The molecule has 0 saturated carbocycles. The molecule has 7 atom stereocenters. The molecule has 1 unspecified atom stereocenters. The molecule has 2 aromatic rings. The standard InChI is InChI=1S/C30H37N3O9S/c1-11-7-14-8-16-29(37)33-17-9-41-30(38)15(31)10-43-28(22(33)21(32(16)4)18(14)23(35)25(11)39-5)20-19(17)24(36)27(40-6)12(2)26(20)42-13(3)34/h7,15-17,21-22,28-29,35-37H,8-10,31H2,1-6H3/t15?,16-,17-,21+,22+,28-,29-/m0/s1. The first-order chi connectivity index (χ1) is 20.4. The van der Waals surface area contributed by atoms with E-state index in [0.717, 1.165) is 11.1 Å². The van der Waals surface area contributed by atoms with Crippen LogP contribution in [0.25, 0.3) is 0 Å². The van der Waals surface area contributed by atoms with E-state index in [4.69, 9.17) is 24.7 Å². The second kappa shape index (κ2) is 10.7. The van der Waals surface area contributed by atoms with Crippen LogP contribution in [0.2, 0.25) is 0 Å². The topological polar surface area (TPSA) is 164 Å². The van der Waals surface area contributed by atoms with E-state index < -0.39 is 47.6 Å². The predicted octanol–water partition coefficient (Wildman–Crippen LogP) is 1.97. The average molecular weight is 616 g/mol. The van der Waals surface area contributed by atoms with E-state index >= 15 is 0 Å². The molecule has 4 aliphatic rings. The molecule has 0 spiro atoms. The number of ether oxygens (including phenoxy) is 4. The first-order valence-electron chi connectivity index (χ1n) is 14.1. The van der Waals surface area contributed by atoms with Crippen molar-refractivity contribution in [3.8, 4) is 28.7 Å². The Morgan fingerprint density at radius 3 is 2.42 bits per heavy atom. The molecule has 0 amide bonds. The number of methoxy groups -OCH3 is 2. The third-order valence-corrected chi connectivity index (χ3v) is 10.8. The highest BCUT2D eigenvalue weighted by Crippen LogP contribution is 2.63. The Kier molecular flexibility index (Phi) is 7.45. The van der Waals surface area contributed by atoms with Crippen LogP contribution in [0.3, 0.4) is 0 Å². The number of phenolic OH excluding ortho intramolecular Hbond substituents is 2. The van der Waals surface area contributed by atoms with Gasteiger partial charge in [0.15, 0.2) is 23.0 Å². The van der Waals surface area contributed by atoms with Crippen molar-refractivity contribution in [3.63, 3.8) is 0 Å². The van der Waals surface area contributed by atoms with E-state index in [2.05, 4.69) is 4.90 Å². The summed E-state index contributed by atoms with van der Waals surface area (Å²) < 4.78 is 22.7. The Bertz CT molecular complexity index is 1520. The van der Waals surface area contributed by atoms with Gasteiger partial charge in [0.1, 0.15) is 24.6 Å². The second-order valence-electron chi connectivity index (χ2n) is 11.6. The van der Waals surface area contributed by atoms with Gasteiger partial charge in [-0.25, -0.2) is 0 Å². The number of cyclic esters (lactones) is 1. The predicted molar refractivity (Wildman–Crippen MR) is 157 cm³/mol. The number of carbonyl (C=O) groups excluding carboxylic acids is 2. The van der Waals surface area contributed by atoms with E-state index in [9.17, 15) is 24.9 Å². The first-order valence-corrected chi connectivity index (χ1v) is 15.2. The summed E-state index contributed by atoms with van der Waals surface area (Å²) in [5, 5.41) is 34.9. The molecule has 0 aliphatic carbocycles. The van der Waals surface area contributed by atoms with Crippen molar-refractivity contribution in [3.05, 3.63) is 39.4 Å². The molecule has 0 radical (unpaired) electrons. The minimum absolute atomic E-state index is 0.0272. The lowest BCUT2D eigenvalue weighted by atomic mass is 9.73. The lowest BCUT2D eigenvalue weighted by Crippen LogP contribution is -2.69. The maximum Gasteiger partial charge on any atom is 0.323 e. The quantitative estimate of drug-likeness (QED) is 0.293. The van der Waals surface area contributed by atoms with Crippen LogP contribution >= 0.6 is 11.8 Å². The van der Waals surface area contributed by atoms with Crippen LogP contribution < -0.4 is 19.9 Å². The molecule has 43 heavy (non-hydrogen) atoms. The van der Waals surface area contributed by atoms with Gasteiger partial charge in [-0.1, -0.05) is 6.07 Å². The van der Waals surface area contributed by atoms with Gasteiger partial charge in [-0.3, -0.25) is 19.4 Å². The first kappa shape index (κ1) is 29.8. The van der Waals surface area contributed by atoms with Gasteiger partial charge in [0.2, 0.25) is 0 Å². The number of nitrogens with two attached hydrogens (primary N) is 1. The molecule has 12 nitrogen and oxygen atoms in total. The van der Waals surface area contributed by atoms with Crippen LogP contribution in [0.15, 0.2) is 6.07 Å². The van der Waals surface area contributed by atoms with Gasteiger partial charge < -0.3 is 40.0 Å². The molecule has 5 N–H and O–H groups in total. The lowest BCUT2D eigenvalue weighted by molar-refractivity contribution is -0.184. The van der Waals surface area contributed by atoms with Crippen LogP contribution in [0, 0.1) is 13.8 Å². The minimum Gasteiger partial charge on any atom is -0.504 e. The molecule has 232 valence electrons. The zero-order valence-electron chi connectivity index (χ0n) is 24.9. The normalized spacial score (nSPS) is 30.0. The Hall–Kier alpha value is -3.23. The summed E-state index contributed by atoms with van der Waals surface area (Å²) in [5.74, 6) is -0.431. The number of phenols is 2. The van der Waals surface area contributed by atoms with E-state index in [-0.39, 0.29) is 41.4 Å². The maximum atomic E-state index is 12.8. The van der Waals surface area contributed by atoms with Crippen molar-refractivity contribution in [2.24, 2.45) is 5.73 Å². The minimum atomic E-state index is -1.05. The molecule has 4 heterocycles. The summed E-state index contributed by atoms with van der Waals surface area (Å²) in [6, 6.07) is -1.22. The fraction of sp³-hybridized carbons (Fsp3) is 0.533. The molecule has 2 fully saturated rings. The third-order valence-electron chi connectivity index (χ3n) is 9.34. The van der Waals surface area contributed by atoms with Gasteiger partial charge in [-0.15, -0.1) is 11.8 Å². The Morgan fingerprint density at radius 2 is 1.77 bits per heavy atom. The number of esters is 2. The summed E-state index contributed by atoms with van der Waals surface area (Å²) >= 11 is 1.35. The number of piperazine rings is 1. The molecule has 6 rings (SSSR count). The van der Waals surface area contributed by atoms with Crippen LogP contribution in [0.1, 0.15) is 57.6 Å². The third kappa shape index (κ3) is 4.27. The highest BCUT2D eigenvalue weighted by atomic mass is 32.2. The number of hydrogen-bond acceptors (Lipinski definition) is 13. The smallest absolute Gasteiger partial charge is 0.323 e. The van der Waals surface area contributed by atoms with Crippen LogP contribution in [-0.4, -0.2) is 95.0 Å². The van der Waals surface area contributed by atoms with E-state index in [1.165, 1.54) is 32.9 Å². The van der Waals surface area contributed by atoms with E-state index in [1.807, 2.05) is 24.9 Å². The molecule has 2 aromatic carbocycles. The van der Waals surface area contributed by atoms with Crippen molar-refractivity contribution in [2.45, 2.75) is 68.9 Å². The SMILES string of the molecule is COc1c(C)cc2c(c1O)[C@@H]1[C@@H]3[C@H]4SCC(N)C(=O)OC[C@@H](c5c(O)c(OC)c(C)c(OC(C)=O)c54)N3[C@@H](O)[C@H](C2)N1C. The summed E-state index contributed by atoms with van der Waals surface area (Å²) in [7, 11) is 4.84. The molecule has 2 saturated heterocycles. The van der Waals surface area contributed by atoms with Crippen molar-refractivity contribution in [1.82, 2.24) is 9.80 Å². The number of aliphatic hydroxyl groups excluding tert-OH is 1. The molecular formula is C30H37N3O9S. The van der Waals surface area contributed by atoms with Crippen molar-refractivity contribution >= 4 is 23.7 Å². The largest absolute Gasteiger partial charge is 0.504 e. The monoisotopic (exact) mass is 615 g/mol. The van der Waals surface area contributed by atoms with Crippen LogP contribution in [0.4, 0.5) is 0 Å². The number of rotatable bonds is 3. The Morgan fingerprint density at radius 1 is 1.09 bits per heavy atom. The highest BCUT2D eigenvalue weighted by molar-refractivity contribution is 7.99. The zero-order chi connectivity index (χ0) is 31.1. The number of aromatic hydroxyl groups is 2. The number of thioether (sulfide) groups is 1. The van der Waals surface area contributed by atoms with Gasteiger partial charge in [0.05, 0.1) is 37.6 Å². The van der Waals surface area contributed by atoms with Crippen LogP contribution in [0.5, 0.6) is 28.7 Å². The van der Waals surface area contributed by atoms with E-state index in [1.54, 1.807) is 6.92 Å². The average Bonchev–Trinajstić information content (AvgIpc) is 2.95. The highest BCUT2D eigenvalue weighted by Gasteiger charge is 2.60. The fourth-order valence-corrected chi connectivity index (χ4v) is 9.03. The number of fused-ring (bicyclic) bond motifs is 7. The van der Waals surface area contributed by atoms with Gasteiger partial charge in [-0.05, 0) is 38.4 Å². The molecule has 0 aromatic heterocycles. The number of nitrogens with zero attached hydrogens (tertiary/aromatic N) is 2. The maximum absolute atomic E-state index is 12.8. The molecule has 13 heteroatoms. The van der Waals surface area contributed by atoms with Gasteiger partial charge in [0.25, 0.3) is 0 Å². The lowest BCUT2D eigenvalue weighted by Gasteiger charge is -2.62. The number of hydrogen-bond donors (Lipinski definition) is 4. The molecular weight excluding hydrogens is 578 g/mol. The fourth-order valence-electron chi connectivity index (χ4n) is 7.60. The molecule has 4 aliphatic heterocycles. The van der Waals surface area contributed by atoms with Crippen molar-refractivity contribution in [2.75, 3.05) is 33.6 Å². The Labute approximate surface area is 253 Å². The number of carbonyl (C=O) groups is 2. The second-order valence-corrected chi connectivity index (χ2v) is 12.8. The number of benzene rings is 2. The number of likely N-dealkylation sites (N-methyl/N-ethyl adjacent to an activating group) is 1. The summed E-state index contributed by atoms with van der Waals surface area (Å²) in [6.45, 7) is 4.63. The van der Waals surface area contributed by atoms with Gasteiger partial charge >= 0.3 is 11.9 Å². The summed E-state index contributed by atoms with van der Waals surface area (Å²) in [4.78, 5) is 29.2. The van der Waals surface area contributed by atoms with E-state index in [0.29, 0.717) is 34.4 Å². The summed E-state index contributed by atoms with van der Waals surface area (Å²) in [6.07, 6.45) is -0.615. The van der Waals surface area contributed by atoms with Crippen molar-refractivity contribution in [1.29, 1.82) is 0 Å². The van der Waals surface area contributed by atoms with Gasteiger partial charge in [-0.2, -0.15) is 0 Å². The number of aryl methyl sites for hydroxylation is 1. The van der Waals surface area contributed by atoms with Crippen LogP contribution in [-0.2, 0) is 20.7 Å². The van der Waals surface area contributed by atoms with Gasteiger partial charge in [0, 0.05) is 41.0 Å². The van der Waals surface area contributed by atoms with Crippen molar-refractivity contribution < 1.29 is 43.9 Å².